The summed E-state index contributed by atoms with van der Waals surface area (Å²) >= 11 is 1.78. The number of thiophene rings is 1. The minimum Gasteiger partial charge on any atom is -0.476 e. The summed E-state index contributed by atoms with van der Waals surface area (Å²) in [6.07, 6.45) is 2.58. The molecule has 0 aromatic carbocycles. The summed E-state index contributed by atoms with van der Waals surface area (Å²) in [7, 11) is 0. The van der Waals surface area contributed by atoms with Gasteiger partial charge >= 0.3 is 5.97 Å². The molecule has 2 aromatic rings. The summed E-state index contributed by atoms with van der Waals surface area (Å²) in [5.41, 5.74) is 0.00810. The quantitative estimate of drug-likeness (QED) is 0.913. The number of hydrogen-bond acceptors (Lipinski definition) is 5. The minimum absolute atomic E-state index is 0.00810. The fraction of sp³-hybridized carbons (Fsp3) is 0.462. The van der Waals surface area contributed by atoms with Gasteiger partial charge in [0.25, 0.3) is 0 Å². The van der Waals surface area contributed by atoms with E-state index in [0.29, 0.717) is 6.04 Å². The van der Waals surface area contributed by atoms with Crippen LogP contribution in [0.25, 0.3) is 0 Å². The molecule has 0 aliphatic carbocycles. The summed E-state index contributed by atoms with van der Waals surface area (Å²) in [5.74, 6) is -1.03. The van der Waals surface area contributed by atoms with E-state index >= 15 is 0 Å². The topological polar surface area (TPSA) is 71.2 Å². The minimum atomic E-state index is -1.03. The van der Waals surface area contributed by atoms with Gasteiger partial charge in [0.05, 0.1) is 12.2 Å². The summed E-state index contributed by atoms with van der Waals surface area (Å²) in [4.78, 5) is 14.6. The molecule has 1 aliphatic heterocycles. The Morgan fingerprint density at radius 3 is 2.95 bits per heavy atom. The van der Waals surface area contributed by atoms with Gasteiger partial charge in [-0.1, -0.05) is 18.2 Å². The van der Waals surface area contributed by atoms with E-state index < -0.39 is 5.97 Å². The van der Waals surface area contributed by atoms with E-state index in [9.17, 15) is 4.79 Å². The third-order valence-corrected chi connectivity index (χ3v) is 4.67. The van der Waals surface area contributed by atoms with Crippen molar-refractivity contribution in [2.75, 3.05) is 13.1 Å². The van der Waals surface area contributed by atoms with Crippen molar-refractivity contribution in [2.24, 2.45) is 0 Å². The third kappa shape index (κ3) is 2.34. The van der Waals surface area contributed by atoms with Gasteiger partial charge in [-0.05, 0) is 17.9 Å². The Hall–Kier alpha value is -1.73. The number of hydrogen-bond donors (Lipinski definition) is 1. The van der Waals surface area contributed by atoms with Crippen LogP contribution in [0.5, 0.6) is 0 Å². The molecule has 0 spiro atoms. The molecule has 1 saturated heterocycles. The fourth-order valence-corrected chi connectivity index (χ4v) is 3.53. The highest BCUT2D eigenvalue weighted by Crippen LogP contribution is 2.34. The zero-order chi connectivity index (χ0) is 14.1. The summed E-state index contributed by atoms with van der Waals surface area (Å²) in [6, 6.07) is 4.93. The molecule has 106 valence electrons. The van der Waals surface area contributed by atoms with Crippen molar-refractivity contribution in [3.8, 4) is 0 Å². The van der Waals surface area contributed by atoms with Crippen molar-refractivity contribution in [2.45, 2.75) is 25.4 Å². The second-order valence-corrected chi connectivity index (χ2v) is 5.92. The second kappa shape index (κ2) is 5.34. The first-order valence-electron chi connectivity index (χ1n) is 6.61. The Kier molecular flexibility index (Phi) is 3.54. The second-order valence-electron chi connectivity index (χ2n) is 4.94. The molecule has 1 aliphatic rings. The lowest BCUT2D eigenvalue weighted by molar-refractivity contribution is 0.0506. The van der Waals surface area contributed by atoms with Gasteiger partial charge in [0.15, 0.2) is 5.69 Å². The van der Waals surface area contributed by atoms with E-state index in [0.717, 1.165) is 19.5 Å². The normalized spacial score (nSPS) is 17.9. The highest BCUT2D eigenvalue weighted by molar-refractivity contribution is 7.10. The van der Waals surface area contributed by atoms with Crippen molar-refractivity contribution >= 4 is 17.3 Å². The van der Waals surface area contributed by atoms with Crippen LogP contribution in [0.15, 0.2) is 23.7 Å². The first kappa shape index (κ1) is 13.3. The lowest BCUT2D eigenvalue weighted by Crippen LogP contribution is -2.49. The van der Waals surface area contributed by atoms with Gasteiger partial charge in [-0.25, -0.2) is 9.48 Å². The predicted octanol–water partition coefficient (Wildman–Crippen LogP) is 2.05. The van der Waals surface area contributed by atoms with Crippen LogP contribution in [-0.2, 0) is 0 Å². The first-order valence-corrected chi connectivity index (χ1v) is 7.49. The van der Waals surface area contributed by atoms with Gasteiger partial charge in [0.2, 0.25) is 0 Å². The smallest absolute Gasteiger partial charge is 0.358 e. The molecule has 1 atom stereocenters. The molecule has 6 nitrogen and oxygen atoms in total. The fourth-order valence-electron chi connectivity index (χ4n) is 2.58. The molecular weight excluding hydrogens is 276 g/mol. The van der Waals surface area contributed by atoms with E-state index in [2.05, 4.69) is 39.6 Å². The Bertz CT molecular complexity index is 589. The Labute approximate surface area is 120 Å². The number of aromatic carboxylic acids is 1. The summed E-state index contributed by atoms with van der Waals surface area (Å²) < 4.78 is 1.67. The highest BCUT2D eigenvalue weighted by atomic mass is 32.1. The molecule has 0 bridgehead atoms. The number of aromatic nitrogens is 3. The molecule has 2 aromatic heterocycles. The van der Waals surface area contributed by atoms with E-state index in [4.69, 9.17) is 5.11 Å². The largest absolute Gasteiger partial charge is 0.476 e. The van der Waals surface area contributed by atoms with Crippen LogP contribution < -0.4 is 0 Å². The molecule has 1 fully saturated rings. The van der Waals surface area contributed by atoms with Crippen molar-refractivity contribution in [1.29, 1.82) is 0 Å². The molecule has 1 unspecified atom stereocenters. The molecule has 0 saturated carbocycles. The van der Waals surface area contributed by atoms with Crippen LogP contribution >= 0.6 is 11.3 Å². The zero-order valence-electron chi connectivity index (χ0n) is 11.1. The highest BCUT2D eigenvalue weighted by Gasteiger charge is 2.34. The number of nitrogens with zero attached hydrogens (tertiary/aromatic N) is 4. The molecule has 0 radical (unpaired) electrons. The van der Waals surface area contributed by atoms with E-state index in [-0.39, 0.29) is 11.7 Å². The van der Waals surface area contributed by atoms with E-state index in [1.165, 1.54) is 11.1 Å². The van der Waals surface area contributed by atoms with Gasteiger partial charge in [-0.2, -0.15) is 0 Å². The third-order valence-electron chi connectivity index (χ3n) is 3.69. The number of carboxylic acid groups (broad SMARTS) is 1. The Balaban J connectivity index is 1.64. The summed E-state index contributed by atoms with van der Waals surface area (Å²) in [5, 5.41) is 18.5. The predicted molar refractivity (Wildman–Crippen MR) is 74.9 cm³/mol. The van der Waals surface area contributed by atoms with Gasteiger partial charge < -0.3 is 5.11 Å². The van der Waals surface area contributed by atoms with Gasteiger partial charge in [0, 0.05) is 24.0 Å². The molecular formula is C13H16N4O2S. The number of rotatable bonds is 5. The van der Waals surface area contributed by atoms with Gasteiger partial charge in [-0.3, -0.25) is 4.90 Å². The number of carbonyl (C=O) groups is 1. The standard InChI is InChI=1S/C13H16N4O2S/c1-2-11(12-4-3-5-20-12)16-6-9(7-16)17-8-10(13(18)19)14-15-17/h3-5,8-9,11H,2,6-7H2,1H3,(H,18,19). The van der Waals surface area contributed by atoms with Crippen molar-refractivity contribution in [3.63, 3.8) is 0 Å². The molecule has 7 heteroatoms. The Morgan fingerprint density at radius 1 is 1.60 bits per heavy atom. The number of likely N-dealkylation sites (tertiary alicyclic amines) is 1. The maximum absolute atomic E-state index is 10.8. The van der Waals surface area contributed by atoms with Crippen LogP contribution in [-0.4, -0.2) is 44.1 Å². The van der Waals surface area contributed by atoms with Gasteiger partial charge in [0.1, 0.15) is 0 Å². The first-order chi connectivity index (χ1) is 9.69. The summed E-state index contributed by atoms with van der Waals surface area (Å²) in [6.45, 7) is 3.97. The molecule has 1 N–H and O–H groups in total. The van der Waals surface area contributed by atoms with Crippen LogP contribution in [0.1, 0.15) is 40.8 Å². The SMILES string of the molecule is CCC(c1cccs1)N1CC(n2cc(C(=O)O)nn2)C1. The number of carboxylic acids is 1. The van der Waals surface area contributed by atoms with Crippen LogP contribution in [0.2, 0.25) is 0 Å². The maximum Gasteiger partial charge on any atom is 0.358 e. The van der Waals surface area contributed by atoms with E-state index in [1.54, 1.807) is 16.0 Å². The monoisotopic (exact) mass is 292 g/mol. The molecule has 3 rings (SSSR count). The zero-order valence-corrected chi connectivity index (χ0v) is 12.0. The average Bonchev–Trinajstić information content (AvgIpc) is 3.03. The lowest BCUT2D eigenvalue weighted by Gasteiger charge is -2.43. The van der Waals surface area contributed by atoms with Crippen molar-refractivity contribution < 1.29 is 9.90 Å². The van der Waals surface area contributed by atoms with Crippen molar-refractivity contribution in [3.05, 3.63) is 34.3 Å². The lowest BCUT2D eigenvalue weighted by atomic mass is 10.0. The van der Waals surface area contributed by atoms with Crippen LogP contribution in [0.4, 0.5) is 0 Å². The van der Waals surface area contributed by atoms with Gasteiger partial charge in [-0.15, -0.1) is 16.4 Å². The van der Waals surface area contributed by atoms with E-state index in [1.807, 2.05) is 0 Å². The Morgan fingerprint density at radius 2 is 2.40 bits per heavy atom. The van der Waals surface area contributed by atoms with Crippen LogP contribution in [0, 0.1) is 0 Å². The van der Waals surface area contributed by atoms with Crippen LogP contribution in [0.3, 0.4) is 0 Å². The average molecular weight is 292 g/mol. The molecule has 20 heavy (non-hydrogen) atoms. The molecule has 0 amide bonds. The van der Waals surface area contributed by atoms with Crippen molar-refractivity contribution in [1.82, 2.24) is 19.9 Å². The maximum atomic E-state index is 10.8. The molecule has 3 heterocycles.